The molecule has 0 aliphatic carbocycles. The van der Waals surface area contributed by atoms with Gasteiger partial charge in [0.1, 0.15) is 0 Å². The van der Waals surface area contributed by atoms with Gasteiger partial charge in [0.05, 0.1) is 0 Å². The molecule has 0 aliphatic rings. The summed E-state index contributed by atoms with van der Waals surface area (Å²) in [5.41, 5.74) is 5.53. The van der Waals surface area contributed by atoms with Crippen molar-refractivity contribution in [3.63, 3.8) is 0 Å². The van der Waals surface area contributed by atoms with Gasteiger partial charge >= 0.3 is 37.9 Å². The zero-order valence-corrected chi connectivity index (χ0v) is 30.3. The first-order valence-electron chi connectivity index (χ1n) is 14.4. The topological polar surface area (TPSA) is 0 Å². The van der Waals surface area contributed by atoms with Gasteiger partial charge in [-0.3, -0.25) is 0 Å². The average Bonchev–Trinajstić information content (AvgIpc) is 3.70. The Morgan fingerprint density at radius 1 is 0.810 bits per heavy atom. The van der Waals surface area contributed by atoms with Gasteiger partial charge < -0.3 is 0 Å². The molecular weight excluding hydrogens is 647 g/mol. The molecule has 218 valence electrons. The van der Waals surface area contributed by atoms with Crippen LogP contribution in [0.2, 0.25) is 13.1 Å². The van der Waals surface area contributed by atoms with Crippen molar-refractivity contribution in [3.8, 4) is 11.1 Å². The standard InChI is InChI=1S/C21H23.C9H7.C6H5.C2H6Si.2ClH.Zr/c1-4-15(3)17-9-11-18(12-10-17)20-8-6-7-19-13-16(5-2)14-21(19)20;1-2-5-9-7-3-6-8(9)4-1;1-2-4-6-5-3-1;1-3-2;;;/h6-15H,4-5H2,1-3H3;1-7H;1-5H;1-2H3;2*1H;/q3*-1;;;;+2/p-2. The fraction of sp³-hybridized carbons (Fsp3) is 0.211. The first-order valence-corrected chi connectivity index (χ1v) is 22.7. The number of halogens is 2. The van der Waals surface area contributed by atoms with E-state index in [2.05, 4.69) is 137 Å². The Labute approximate surface area is 275 Å². The van der Waals surface area contributed by atoms with Crippen LogP contribution in [0.4, 0.5) is 0 Å². The second kappa shape index (κ2) is 21.5. The molecule has 0 bridgehead atoms. The van der Waals surface area contributed by atoms with Gasteiger partial charge in [-0.1, -0.05) is 75.8 Å². The van der Waals surface area contributed by atoms with Gasteiger partial charge in [-0.15, -0.1) is 64.2 Å². The molecule has 0 saturated heterocycles. The van der Waals surface area contributed by atoms with Gasteiger partial charge in [0.15, 0.2) is 0 Å². The molecule has 6 aromatic carbocycles. The number of hydrogen-bond acceptors (Lipinski definition) is 0. The molecule has 0 saturated carbocycles. The van der Waals surface area contributed by atoms with Crippen molar-refractivity contribution < 1.29 is 20.8 Å². The molecule has 4 heteroatoms. The van der Waals surface area contributed by atoms with Crippen LogP contribution in [0.25, 0.3) is 32.7 Å². The summed E-state index contributed by atoms with van der Waals surface area (Å²) in [7, 11) is 11.0. The second-order valence-electron chi connectivity index (χ2n) is 9.76. The zero-order valence-electron chi connectivity index (χ0n) is 25.4. The van der Waals surface area contributed by atoms with Gasteiger partial charge in [-0.2, -0.15) is 60.0 Å². The summed E-state index contributed by atoms with van der Waals surface area (Å²) in [5, 5.41) is 5.40. The minimum absolute atomic E-state index is 0.639. The van der Waals surface area contributed by atoms with Crippen LogP contribution in [-0.2, 0) is 27.3 Å². The van der Waals surface area contributed by atoms with E-state index in [-0.39, 0.29) is 0 Å². The van der Waals surface area contributed by atoms with E-state index in [4.69, 9.17) is 17.0 Å². The van der Waals surface area contributed by atoms with E-state index in [9.17, 15) is 0 Å². The third kappa shape index (κ3) is 12.2. The molecule has 42 heavy (non-hydrogen) atoms. The van der Waals surface area contributed by atoms with Crippen molar-refractivity contribution in [3.05, 3.63) is 145 Å². The van der Waals surface area contributed by atoms with Crippen molar-refractivity contribution in [2.75, 3.05) is 0 Å². The smallest absolute Gasteiger partial charge is 0.0809 e. The number of aryl methyl sites for hydroxylation is 1. The summed E-state index contributed by atoms with van der Waals surface area (Å²) in [6.45, 7) is 11.1. The number of fused-ring (bicyclic) bond motifs is 2. The Bertz CT molecular complexity index is 1440. The largest absolute Gasteiger partial charge is 0.184 e. The molecule has 6 rings (SSSR count). The molecule has 2 radical (unpaired) electrons. The first kappa shape index (κ1) is 36.0. The predicted octanol–water partition coefficient (Wildman–Crippen LogP) is 12.5. The molecule has 0 amide bonds. The molecule has 0 aromatic heterocycles. The van der Waals surface area contributed by atoms with Crippen LogP contribution in [0.1, 0.15) is 44.2 Å². The van der Waals surface area contributed by atoms with Gasteiger partial charge in [0.25, 0.3) is 0 Å². The van der Waals surface area contributed by atoms with Crippen LogP contribution >= 0.6 is 17.0 Å². The first-order chi connectivity index (χ1) is 20.5. The Kier molecular flexibility index (Phi) is 18.4. The molecular formula is C38H41Cl2SiZr-3. The van der Waals surface area contributed by atoms with E-state index in [0.29, 0.717) is 5.92 Å². The maximum absolute atomic E-state index is 4.93. The summed E-state index contributed by atoms with van der Waals surface area (Å²) < 4.78 is 0. The van der Waals surface area contributed by atoms with Gasteiger partial charge in [-0.25, -0.2) is 0 Å². The summed E-state index contributed by atoms with van der Waals surface area (Å²) in [6.07, 6.45) is 2.29. The maximum Gasteiger partial charge on any atom is -0.0809 e. The van der Waals surface area contributed by atoms with Crippen molar-refractivity contribution >= 4 is 48.1 Å². The molecule has 0 heterocycles. The van der Waals surface area contributed by atoms with Crippen molar-refractivity contribution in [2.24, 2.45) is 0 Å². The second-order valence-corrected chi connectivity index (χ2v) is 14.5. The van der Waals surface area contributed by atoms with Crippen molar-refractivity contribution in [1.82, 2.24) is 0 Å². The Morgan fingerprint density at radius 3 is 2.00 bits per heavy atom. The van der Waals surface area contributed by atoms with Crippen molar-refractivity contribution in [1.29, 1.82) is 0 Å². The van der Waals surface area contributed by atoms with Gasteiger partial charge in [-0.05, 0) is 29.9 Å². The molecule has 0 fully saturated rings. The van der Waals surface area contributed by atoms with Gasteiger partial charge in [0, 0.05) is 9.52 Å². The van der Waals surface area contributed by atoms with Crippen LogP contribution in [-0.4, -0.2) is 9.52 Å². The van der Waals surface area contributed by atoms with E-state index in [1.54, 1.807) is 0 Å². The molecule has 1 atom stereocenters. The Morgan fingerprint density at radius 2 is 1.45 bits per heavy atom. The summed E-state index contributed by atoms with van der Waals surface area (Å²) in [6, 6.07) is 47.6. The van der Waals surface area contributed by atoms with E-state index in [0.717, 1.165) is 15.9 Å². The predicted molar refractivity (Wildman–Crippen MR) is 187 cm³/mol. The van der Waals surface area contributed by atoms with Crippen LogP contribution < -0.4 is 0 Å². The molecule has 1 unspecified atom stereocenters. The van der Waals surface area contributed by atoms with Crippen molar-refractivity contribution in [2.45, 2.75) is 52.6 Å². The third-order valence-electron chi connectivity index (χ3n) is 6.78. The van der Waals surface area contributed by atoms with E-state index < -0.39 is 20.8 Å². The number of benzene rings is 4. The van der Waals surface area contributed by atoms with E-state index >= 15 is 0 Å². The van der Waals surface area contributed by atoms with Gasteiger partial charge in [0.2, 0.25) is 0 Å². The van der Waals surface area contributed by atoms with Crippen LogP contribution in [0.5, 0.6) is 0 Å². The van der Waals surface area contributed by atoms with Crippen LogP contribution in [0.15, 0.2) is 127 Å². The number of hydrogen-bond donors (Lipinski definition) is 0. The minimum Gasteiger partial charge on any atom is -0.184 e. The molecule has 0 N–H and O–H groups in total. The third-order valence-corrected chi connectivity index (χ3v) is 6.78. The molecule has 0 aliphatic heterocycles. The fourth-order valence-electron chi connectivity index (χ4n) is 4.39. The molecule has 0 spiro atoms. The van der Waals surface area contributed by atoms with E-state index in [1.807, 2.05) is 30.3 Å². The maximum atomic E-state index is 4.93. The number of rotatable bonds is 4. The van der Waals surface area contributed by atoms with E-state index in [1.165, 1.54) is 50.2 Å². The molecule has 6 aromatic rings. The van der Waals surface area contributed by atoms with Crippen LogP contribution in [0, 0.1) is 6.07 Å². The Hall–Kier alpha value is -2.22. The summed E-state index contributed by atoms with van der Waals surface area (Å²) in [4.78, 5) is 0. The normalized spacial score (nSPS) is 10.5. The average molecular weight is 688 g/mol. The fourth-order valence-corrected chi connectivity index (χ4v) is 4.39. The molecule has 0 nitrogen and oxygen atoms in total. The summed E-state index contributed by atoms with van der Waals surface area (Å²) >= 11 is -0.826. The quantitative estimate of drug-likeness (QED) is 0.128. The minimum atomic E-state index is -0.826. The van der Waals surface area contributed by atoms with Crippen LogP contribution in [0.3, 0.4) is 0 Å². The zero-order chi connectivity index (χ0) is 30.6. The Balaban J connectivity index is 0.000000239. The summed E-state index contributed by atoms with van der Waals surface area (Å²) in [5.74, 6) is 0.639. The monoisotopic (exact) mass is 685 g/mol. The SMILES string of the molecule is CCc1cc2c(-c3ccc(C(C)CC)cc3)cccc2[cH-]1.C[Si]C.[Cl][Zr][Cl].[c-]1ccccc1.c1ccc2[cH-]ccc2c1.